The Hall–Kier alpha value is -2.07. The monoisotopic (exact) mass is 255 g/mol. The van der Waals surface area contributed by atoms with Gasteiger partial charge in [0, 0.05) is 37.2 Å². The van der Waals surface area contributed by atoms with Crippen LogP contribution in [0.1, 0.15) is 11.4 Å². The van der Waals surface area contributed by atoms with E-state index in [1.165, 1.54) is 10.9 Å². The zero-order valence-corrected chi connectivity index (χ0v) is 11.0. The van der Waals surface area contributed by atoms with Gasteiger partial charge in [0.15, 0.2) is 0 Å². The van der Waals surface area contributed by atoms with Gasteiger partial charge in [-0.3, -0.25) is 0 Å². The number of aryl methyl sites for hydroxylation is 3. The van der Waals surface area contributed by atoms with E-state index in [4.69, 9.17) is 5.11 Å². The summed E-state index contributed by atoms with van der Waals surface area (Å²) in [5.74, 6) is 1.04. The van der Waals surface area contributed by atoms with Gasteiger partial charge < -0.3 is 14.2 Å². The van der Waals surface area contributed by atoms with E-state index in [2.05, 4.69) is 32.4 Å². The molecule has 0 aliphatic heterocycles. The molecule has 3 aromatic rings. The van der Waals surface area contributed by atoms with Crippen molar-refractivity contribution in [2.75, 3.05) is 0 Å². The maximum absolute atomic E-state index is 9.15. The van der Waals surface area contributed by atoms with E-state index in [0.29, 0.717) is 0 Å². The Balaban J connectivity index is 1.83. The first-order valence-corrected chi connectivity index (χ1v) is 6.44. The fraction of sp³-hybridized carbons (Fsp3) is 0.267. The summed E-state index contributed by atoms with van der Waals surface area (Å²) in [5.41, 5.74) is 2.16. The molecule has 3 rings (SSSR count). The number of hydrogen-bond acceptors (Lipinski definition) is 2. The molecule has 0 atom stereocenters. The molecule has 4 heteroatoms. The molecule has 0 amide bonds. The molecule has 0 spiro atoms. The molecule has 0 unspecified atom stereocenters. The Morgan fingerprint density at radius 1 is 1.11 bits per heavy atom. The molecule has 2 aromatic heterocycles. The van der Waals surface area contributed by atoms with Crippen LogP contribution in [0, 0.1) is 6.92 Å². The van der Waals surface area contributed by atoms with Gasteiger partial charge >= 0.3 is 0 Å². The first-order chi connectivity index (χ1) is 9.28. The van der Waals surface area contributed by atoms with Gasteiger partial charge in [-0.1, -0.05) is 6.07 Å². The lowest BCUT2D eigenvalue weighted by atomic mass is 10.2. The highest BCUT2D eigenvalue weighted by Gasteiger charge is 2.03. The van der Waals surface area contributed by atoms with Gasteiger partial charge in [-0.25, -0.2) is 4.98 Å². The molecule has 0 fully saturated rings. The number of fused-ring (bicyclic) bond motifs is 1. The molecule has 1 aromatic carbocycles. The van der Waals surface area contributed by atoms with Crippen LogP contribution in [0.4, 0.5) is 0 Å². The van der Waals surface area contributed by atoms with Crippen molar-refractivity contribution in [2.45, 2.75) is 26.6 Å². The second-order valence-corrected chi connectivity index (χ2v) is 4.73. The molecule has 0 saturated heterocycles. The summed E-state index contributed by atoms with van der Waals surface area (Å²) in [4.78, 5) is 4.23. The lowest BCUT2D eigenvalue weighted by Crippen LogP contribution is -2.07. The van der Waals surface area contributed by atoms with E-state index in [9.17, 15) is 0 Å². The number of imidazole rings is 1. The van der Waals surface area contributed by atoms with Gasteiger partial charge in [0.1, 0.15) is 5.82 Å². The Morgan fingerprint density at radius 2 is 1.95 bits per heavy atom. The topological polar surface area (TPSA) is 43.0 Å². The largest absolute Gasteiger partial charge is 0.392 e. The fourth-order valence-electron chi connectivity index (χ4n) is 2.40. The second-order valence-electron chi connectivity index (χ2n) is 4.73. The lowest BCUT2D eigenvalue weighted by molar-refractivity contribution is 0.282. The zero-order chi connectivity index (χ0) is 13.2. The van der Waals surface area contributed by atoms with Gasteiger partial charge in [0.25, 0.3) is 0 Å². The number of aliphatic hydroxyl groups is 1. The highest BCUT2D eigenvalue weighted by Crippen LogP contribution is 2.18. The van der Waals surface area contributed by atoms with Crippen molar-refractivity contribution in [3.8, 4) is 0 Å². The predicted molar refractivity (Wildman–Crippen MR) is 74.8 cm³/mol. The third kappa shape index (κ3) is 2.27. The molecule has 1 N–H and O–H groups in total. The third-order valence-electron chi connectivity index (χ3n) is 3.52. The van der Waals surface area contributed by atoms with Crippen molar-refractivity contribution in [3.63, 3.8) is 0 Å². The summed E-state index contributed by atoms with van der Waals surface area (Å²) in [6.45, 7) is 3.94. The number of aromatic nitrogens is 3. The number of nitrogens with zero attached hydrogens (tertiary/aromatic N) is 3. The van der Waals surface area contributed by atoms with E-state index >= 15 is 0 Å². The summed E-state index contributed by atoms with van der Waals surface area (Å²) < 4.78 is 4.38. The van der Waals surface area contributed by atoms with Crippen molar-refractivity contribution < 1.29 is 5.11 Å². The van der Waals surface area contributed by atoms with Gasteiger partial charge in [0.05, 0.1) is 6.61 Å². The lowest BCUT2D eigenvalue weighted by Gasteiger charge is -2.08. The van der Waals surface area contributed by atoms with Crippen molar-refractivity contribution in [2.24, 2.45) is 0 Å². The predicted octanol–water partition coefficient (Wildman–Crippen LogP) is 2.34. The molecule has 0 saturated carbocycles. The highest BCUT2D eigenvalue weighted by molar-refractivity contribution is 5.80. The third-order valence-corrected chi connectivity index (χ3v) is 3.52. The molecule has 4 nitrogen and oxygen atoms in total. The SMILES string of the molecule is Cc1nccn1CCn1ccc2cc(CO)ccc21. The van der Waals surface area contributed by atoms with E-state index in [1.807, 2.05) is 31.5 Å². The number of rotatable bonds is 4. The van der Waals surface area contributed by atoms with Gasteiger partial charge in [-0.2, -0.15) is 0 Å². The molecule has 19 heavy (non-hydrogen) atoms. The van der Waals surface area contributed by atoms with Crippen LogP contribution in [0.2, 0.25) is 0 Å². The standard InChI is InChI=1S/C15H17N3O/c1-12-16-5-7-17(12)8-9-18-6-4-14-10-13(11-19)2-3-15(14)18/h2-7,10,19H,8-9,11H2,1H3. The average molecular weight is 255 g/mol. The maximum Gasteiger partial charge on any atom is 0.105 e. The summed E-state index contributed by atoms with van der Waals surface area (Å²) in [6.07, 6.45) is 5.93. The highest BCUT2D eigenvalue weighted by atomic mass is 16.3. The smallest absolute Gasteiger partial charge is 0.105 e. The van der Waals surface area contributed by atoms with Crippen molar-refractivity contribution in [1.29, 1.82) is 0 Å². The Kier molecular flexibility index (Phi) is 3.09. The summed E-state index contributed by atoms with van der Waals surface area (Å²) in [5, 5.41) is 10.3. The molecule has 0 aliphatic rings. The number of hydrogen-bond donors (Lipinski definition) is 1. The Labute approximate surface area is 111 Å². The maximum atomic E-state index is 9.15. The van der Waals surface area contributed by atoms with E-state index in [1.54, 1.807) is 0 Å². The zero-order valence-electron chi connectivity index (χ0n) is 11.0. The molecular formula is C15H17N3O. The van der Waals surface area contributed by atoms with Crippen LogP contribution >= 0.6 is 0 Å². The van der Waals surface area contributed by atoms with Gasteiger partial charge in [-0.05, 0) is 36.1 Å². The van der Waals surface area contributed by atoms with Crippen LogP contribution in [-0.4, -0.2) is 19.2 Å². The van der Waals surface area contributed by atoms with Crippen LogP contribution in [-0.2, 0) is 19.7 Å². The van der Waals surface area contributed by atoms with E-state index in [0.717, 1.165) is 24.5 Å². The van der Waals surface area contributed by atoms with Crippen molar-refractivity contribution >= 4 is 10.9 Å². The number of benzene rings is 1. The molecular weight excluding hydrogens is 238 g/mol. The van der Waals surface area contributed by atoms with Crippen LogP contribution < -0.4 is 0 Å². The second kappa shape index (κ2) is 4.90. The van der Waals surface area contributed by atoms with Crippen molar-refractivity contribution in [1.82, 2.24) is 14.1 Å². The average Bonchev–Trinajstić information content (AvgIpc) is 3.02. The molecule has 2 heterocycles. The van der Waals surface area contributed by atoms with E-state index < -0.39 is 0 Å². The van der Waals surface area contributed by atoms with Crippen LogP contribution in [0.5, 0.6) is 0 Å². The molecule has 98 valence electrons. The normalized spacial score (nSPS) is 11.3. The van der Waals surface area contributed by atoms with Gasteiger partial charge in [0.2, 0.25) is 0 Å². The van der Waals surface area contributed by atoms with Crippen LogP contribution in [0.3, 0.4) is 0 Å². The molecule has 0 radical (unpaired) electrons. The first-order valence-electron chi connectivity index (χ1n) is 6.44. The van der Waals surface area contributed by atoms with E-state index in [-0.39, 0.29) is 6.61 Å². The quantitative estimate of drug-likeness (QED) is 0.777. The summed E-state index contributed by atoms with van der Waals surface area (Å²) in [7, 11) is 0. The van der Waals surface area contributed by atoms with Crippen LogP contribution in [0.25, 0.3) is 10.9 Å². The fourth-order valence-corrected chi connectivity index (χ4v) is 2.40. The summed E-state index contributed by atoms with van der Waals surface area (Å²) in [6, 6.07) is 8.17. The minimum absolute atomic E-state index is 0.0926. The first kappa shape index (κ1) is 12.0. The summed E-state index contributed by atoms with van der Waals surface area (Å²) >= 11 is 0. The molecule has 0 aliphatic carbocycles. The molecule has 0 bridgehead atoms. The van der Waals surface area contributed by atoms with Crippen LogP contribution in [0.15, 0.2) is 42.9 Å². The Bertz CT molecular complexity index is 696. The minimum Gasteiger partial charge on any atom is -0.392 e. The Morgan fingerprint density at radius 3 is 2.68 bits per heavy atom. The van der Waals surface area contributed by atoms with Gasteiger partial charge in [-0.15, -0.1) is 0 Å². The van der Waals surface area contributed by atoms with Crippen molar-refractivity contribution in [3.05, 3.63) is 54.2 Å². The number of aliphatic hydroxyl groups excluding tert-OH is 1. The minimum atomic E-state index is 0.0926.